The zero-order valence-electron chi connectivity index (χ0n) is 8.74. The maximum atomic E-state index is 5.73. The van der Waals surface area contributed by atoms with Crippen LogP contribution in [-0.4, -0.2) is 20.5 Å². The lowest BCUT2D eigenvalue weighted by Crippen LogP contribution is -2.02. The molecule has 1 aromatic heterocycles. The van der Waals surface area contributed by atoms with Crippen LogP contribution in [0.15, 0.2) is 16.8 Å². The maximum Gasteiger partial charge on any atom is 0.191 e. The highest BCUT2D eigenvalue weighted by molar-refractivity contribution is 7.99. The highest BCUT2D eigenvalue weighted by atomic mass is 35.5. The van der Waals surface area contributed by atoms with Gasteiger partial charge in [0, 0.05) is 23.2 Å². The molecule has 1 fully saturated rings. The molecular weight excluding hydrogens is 230 g/mol. The van der Waals surface area contributed by atoms with Gasteiger partial charge in [-0.15, -0.1) is 10.2 Å². The molecule has 1 aliphatic carbocycles. The fraction of sp³-hybridized carbons (Fsp3) is 0.600. The van der Waals surface area contributed by atoms with Crippen molar-refractivity contribution < 1.29 is 0 Å². The van der Waals surface area contributed by atoms with Gasteiger partial charge in [0.1, 0.15) is 5.82 Å². The summed E-state index contributed by atoms with van der Waals surface area (Å²) in [5.74, 6) is 2.48. The summed E-state index contributed by atoms with van der Waals surface area (Å²) in [6, 6.07) is 0. The van der Waals surface area contributed by atoms with Gasteiger partial charge in [-0.25, -0.2) is 0 Å². The van der Waals surface area contributed by atoms with E-state index in [1.807, 2.05) is 0 Å². The predicted octanol–water partition coefficient (Wildman–Crippen LogP) is 3.02. The SMILES string of the molecule is C=C(Cl)CSc1nnc(C2CC2)n1CC. The van der Waals surface area contributed by atoms with Crippen molar-refractivity contribution in [3.63, 3.8) is 0 Å². The summed E-state index contributed by atoms with van der Waals surface area (Å²) in [4.78, 5) is 0. The molecule has 0 aromatic carbocycles. The molecule has 15 heavy (non-hydrogen) atoms. The quantitative estimate of drug-likeness (QED) is 0.745. The maximum absolute atomic E-state index is 5.73. The van der Waals surface area contributed by atoms with Gasteiger partial charge in [0.05, 0.1) is 0 Å². The van der Waals surface area contributed by atoms with Crippen molar-refractivity contribution in [2.45, 2.75) is 37.4 Å². The zero-order chi connectivity index (χ0) is 10.8. The first kappa shape index (κ1) is 11.0. The Morgan fingerprint density at radius 3 is 2.87 bits per heavy atom. The first-order chi connectivity index (χ1) is 7.22. The second-order valence-electron chi connectivity index (χ2n) is 3.67. The van der Waals surface area contributed by atoms with Crippen LogP contribution in [0.3, 0.4) is 0 Å². The lowest BCUT2D eigenvalue weighted by Gasteiger charge is -2.05. The summed E-state index contributed by atoms with van der Waals surface area (Å²) >= 11 is 7.34. The molecule has 0 radical (unpaired) electrons. The Kier molecular flexibility index (Phi) is 3.36. The molecule has 0 saturated heterocycles. The number of hydrogen-bond donors (Lipinski definition) is 0. The van der Waals surface area contributed by atoms with E-state index in [1.165, 1.54) is 12.8 Å². The van der Waals surface area contributed by atoms with Crippen molar-refractivity contribution in [3.8, 4) is 0 Å². The van der Waals surface area contributed by atoms with E-state index >= 15 is 0 Å². The normalized spacial score (nSPS) is 15.6. The van der Waals surface area contributed by atoms with E-state index < -0.39 is 0 Å². The minimum Gasteiger partial charge on any atom is -0.306 e. The van der Waals surface area contributed by atoms with Gasteiger partial charge in [0.25, 0.3) is 0 Å². The number of nitrogens with zero attached hydrogens (tertiary/aromatic N) is 3. The summed E-state index contributed by atoms with van der Waals surface area (Å²) in [7, 11) is 0. The first-order valence-corrected chi connectivity index (χ1v) is 6.48. The molecule has 82 valence electrons. The number of hydrogen-bond acceptors (Lipinski definition) is 3. The standard InChI is InChI=1S/C10H14ClN3S/c1-3-14-9(8-4-5-8)12-13-10(14)15-6-7(2)11/h8H,2-6H2,1H3. The van der Waals surface area contributed by atoms with Crippen molar-refractivity contribution in [1.82, 2.24) is 14.8 Å². The molecule has 3 nitrogen and oxygen atoms in total. The summed E-state index contributed by atoms with van der Waals surface area (Å²) in [6.07, 6.45) is 2.51. The molecule has 0 spiro atoms. The van der Waals surface area contributed by atoms with E-state index in [-0.39, 0.29) is 0 Å². The summed E-state index contributed by atoms with van der Waals surface area (Å²) in [6.45, 7) is 6.71. The molecule has 0 amide bonds. The van der Waals surface area contributed by atoms with Gasteiger partial charge in [0.15, 0.2) is 5.16 Å². The van der Waals surface area contributed by atoms with Crippen molar-refractivity contribution in [3.05, 3.63) is 17.4 Å². The highest BCUT2D eigenvalue weighted by Gasteiger charge is 2.29. The van der Waals surface area contributed by atoms with Gasteiger partial charge in [-0.2, -0.15) is 0 Å². The van der Waals surface area contributed by atoms with E-state index in [9.17, 15) is 0 Å². The molecule has 5 heteroatoms. The molecule has 1 heterocycles. The Balaban J connectivity index is 2.12. The second-order valence-corrected chi connectivity index (χ2v) is 5.14. The Morgan fingerprint density at radius 2 is 2.33 bits per heavy atom. The van der Waals surface area contributed by atoms with Crippen molar-refractivity contribution in [2.75, 3.05) is 5.75 Å². The third-order valence-electron chi connectivity index (χ3n) is 2.36. The van der Waals surface area contributed by atoms with E-state index in [4.69, 9.17) is 11.6 Å². The van der Waals surface area contributed by atoms with Crippen LogP contribution in [0.4, 0.5) is 0 Å². The Hall–Kier alpha value is -0.480. The fourth-order valence-corrected chi connectivity index (χ4v) is 2.42. The predicted molar refractivity (Wildman–Crippen MR) is 63.4 cm³/mol. The van der Waals surface area contributed by atoms with E-state index in [1.54, 1.807) is 11.8 Å². The average molecular weight is 244 g/mol. The molecule has 0 atom stereocenters. The molecule has 0 N–H and O–H groups in total. The van der Waals surface area contributed by atoms with Gasteiger partial charge in [-0.1, -0.05) is 29.9 Å². The average Bonchev–Trinajstić information content (AvgIpc) is 2.96. The number of aromatic nitrogens is 3. The minimum absolute atomic E-state index is 0.644. The van der Waals surface area contributed by atoms with Crippen molar-refractivity contribution >= 4 is 23.4 Å². The zero-order valence-corrected chi connectivity index (χ0v) is 10.3. The number of thioether (sulfide) groups is 1. The summed E-state index contributed by atoms with van der Waals surface area (Å²) in [5.41, 5.74) is 0. The molecule has 2 rings (SSSR count). The number of rotatable bonds is 5. The smallest absolute Gasteiger partial charge is 0.191 e. The third-order valence-corrected chi connectivity index (χ3v) is 3.71. The van der Waals surface area contributed by atoms with E-state index in [0.29, 0.717) is 16.7 Å². The van der Waals surface area contributed by atoms with Crippen LogP contribution in [0.2, 0.25) is 0 Å². The first-order valence-electron chi connectivity index (χ1n) is 5.11. The van der Waals surface area contributed by atoms with Crippen LogP contribution in [-0.2, 0) is 6.54 Å². The topological polar surface area (TPSA) is 30.7 Å². The van der Waals surface area contributed by atoms with Gasteiger partial charge in [0.2, 0.25) is 0 Å². The molecule has 0 bridgehead atoms. The number of halogens is 1. The largest absolute Gasteiger partial charge is 0.306 e. The second kappa shape index (κ2) is 4.58. The van der Waals surface area contributed by atoms with Gasteiger partial charge in [-0.05, 0) is 19.8 Å². The molecule has 1 saturated carbocycles. The molecular formula is C10H14ClN3S. The highest BCUT2D eigenvalue weighted by Crippen LogP contribution is 2.40. The van der Waals surface area contributed by atoms with Gasteiger partial charge in [-0.3, -0.25) is 0 Å². The Morgan fingerprint density at radius 1 is 1.60 bits per heavy atom. The summed E-state index contributed by atoms with van der Waals surface area (Å²) < 4.78 is 2.18. The van der Waals surface area contributed by atoms with Crippen molar-refractivity contribution in [1.29, 1.82) is 0 Å². The van der Waals surface area contributed by atoms with Crippen LogP contribution in [0, 0.1) is 0 Å². The molecule has 0 aliphatic heterocycles. The van der Waals surface area contributed by atoms with Gasteiger partial charge >= 0.3 is 0 Å². The molecule has 1 aromatic rings. The monoisotopic (exact) mass is 243 g/mol. The van der Waals surface area contributed by atoms with E-state index in [0.717, 1.165) is 17.5 Å². The van der Waals surface area contributed by atoms with Crippen LogP contribution in [0.25, 0.3) is 0 Å². The minimum atomic E-state index is 0.644. The Bertz CT molecular complexity index is 371. The Labute approximate surface area is 98.9 Å². The van der Waals surface area contributed by atoms with Gasteiger partial charge < -0.3 is 4.57 Å². The van der Waals surface area contributed by atoms with Crippen LogP contribution in [0.5, 0.6) is 0 Å². The van der Waals surface area contributed by atoms with Crippen LogP contribution < -0.4 is 0 Å². The van der Waals surface area contributed by atoms with Crippen LogP contribution in [0.1, 0.15) is 31.5 Å². The van der Waals surface area contributed by atoms with E-state index in [2.05, 4.69) is 28.3 Å². The van der Waals surface area contributed by atoms with Crippen molar-refractivity contribution in [2.24, 2.45) is 0 Å². The lowest BCUT2D eigenvalue weighted by molar-refractivity contribution is 0.644. The third kappa shape index (κ3) is 2.55. The summed E-state index contributed by atoms with van der Waals surface area (Å²) in [5, 5.41) is 10.1. The molecule has 1 aliphatic rings. The molecule has 0 unspecified atom stereocenters. The fourth-order valence-electron chi connectivity index (χ4n) is 1.49. The van der Waals surface area contributed by atoms with Crippen LogP contribution >= 0.6 is 23.4 Å². The lowest BCUT2D eigenvalue weighted by atomic mass is 10.4.